The fourth-order valence-electron chi connectivity index (χ4n) is 1.35. The van der Waals surface area contributed by atoms with Crippen molar-refractivity contribution < 1.29 is 13.5 Å². The molecule has 0 spiro atoms. The highest BCUT2D eigenvalue weighted by Crippen LogP contribution is 2.25. The van der Waals surface area contributed by atoms with Crippen molar-refractivity contribution in [1.82, 2.24) is 4.57 Å². The van der Waals surface area contributed by atoms with Crippen molar-refractivity contribution >= 4 is 23.2 Å². The average Bonchev–Trinajstić information content (AvgIpc) is 2.59. The van der Waals surface area contributed by atoms with Gasteiger partial charge in [0, 0.05) is 18.1 Å². The van der Waals surface area contributed by atoms with Crippen LogP contribution in [-0.4, -0.2) is 11.2 Å². The lowest BCUT2D eigenvalue weighted by molar-refractivity contribution is -0.0498. The summed E-state index contributed by atoms with van der Waals surface area (Å²) in [5.41, 5.74) is 0.750. The van der Waals surface area contributed by atoms with E-state index in [1.807, 2.05) is 0 Å². The lowest BCUT2D eigenvalue weighted by Gasteiger charge is -2.06. The summed E-state index contributed by atoms with van der Waals surface area (Å²) in [7, 11) is 0. The van der Waals surface area contributed by atoms with Gasteiger partial charge in [0.05, 0.1) is 10.0 Å². The molecule has 0 radical (unpaired) electrons. The van der Waals surface area contributed by atoms with Crippen LogP contribution in [0.25, 0.3) is 5.69 Å². The van der Waals surface area contributed by atoms with Crippen molar-refractivity contribution in [2.24, 2.45) is 0 Å². The molecule has 1 heterocycles. The molecule has 0 unspecified atom stereocenters. The van der Waals surface area contributed by atoms with Crippen LogP contribution in [0.1, 0.15) is 0 Å². The fourth-order valence-corrected chi connectivity index (χ4v) is 1.66. The lowest BCUT2D eigenvalue weighted by Crippen LogP contribution is -2.01. The van der Waals surface area contributed by atoms with Gasteiger partial charge < -0.3 is 9.30 Å². The lowest BCUT2D eigenvalue weighted by atomic mass is 10.3. The Morgan fingerprint density at radius 2 is 1.53 bits per heavy atom. The Labute approximate surface area is 106 Å². The predicted octanol–water partition coefficient (Wildman–Crippen LogP) is 4.39. The number of halogens is 4. The van der Waals surface area contributed by atoms with E-state index in [9.17, 15) is 8.78 Å². The molecule has 0 fully saturated rings. The average molecular weight is 278 g/mol. The first kappa shape index (κ1) is 12.2. The molecule has 0 aliphatic rings. The summed E-state index contributed by atoms with van der Waals surface area (Å²) >= 11 is 11.6. The molecule has 0 atom stereocenters. The summed E-state index contributed by atoms with van der Waals surface area (Å²) in [5, 5.41) is 0.860. The van der Waals surface area contributed by atoms with Crippen molar-refractivity contribution in [1.29, 1.82) is 0 Å². The molecular weight excluding hydrogens is 271 g/mol. The maximum atomic E-state index is 11.9. The molecule has 6 heteroatoms. The molecule has 17 heavy (non-hydrogen) atoms. The normalized spacial score (nSPS) is 10.9. The highest BCUT2D eigenvalue weighted by Gasteiger charge is 2.06. The number of benzene rings is 1. The minimum atomic E-state index is -2.82. The first-order valence-corrected chi connectivity index (χ1v) is 5.40. The van der Waals surface area contributed by atoms with Crippen LogP contribution in [0, 0.1) is 0 Å². The molecule has 0 bridgehead atoms. The summed E-state index contributed by atoms with van der Waals surface area (Å²) in [6.07, 6.45) is 3.26. The molecule has 90 valence electrons. The van der Waals surface area contributed by atoms with Gasteiger partial charge >= 0.3 is 6.61 Å². The van der Waals surface area contributed by atoms with Crippen molar-refractivity contribution in [3.05, 3.63) is 46.7 Å². The zero-order valence-electron chi connectivity index (χ0n) is 8.41. The molecular formula is C11H7Cl2F2NO. The molecule has 0 amide bonds. The second-order valence-electron chi connectivity index (χ2n) is 3.23. The van der Waals surface area contributed by atoms with Crippen molar-refractivity contribution in [3.8, 4) is 11.4 Å². The van der Waals surface area contributed by atoms with Crippen LogP contribution in [0.5, 0.6) is 5.75 Å². The monoisotopic (exact) mass is 277 g/mol. The molecule has 2 nitrogen and oxygen atoms in total. The van der Waals surface area contributed by atoms with Gasteiger partial charge in [-0.2, -0.15) is 8.78 Å². The van der Waals surface area contributed by atoms with Crippen LogP contribution in [0.15, 0.2) is 36.7 Å². The quantitative estimate of drug-likeness (QED) is 0.812. The number of ether oxygens (including phenoxy) is 1. The number of hydrogen-bond donors (Lipinski definition) is 0. The second kappa shape index (κ2) is 4.94. The van der Waals surface area contributed by atoms with E-state index in [0.29, 0.717) is 10.0 Å². The van der Waals surface area contributed by atoms with Gasteiger partial charge in [0.2, 0.25) is 0 Å². The summed E-state index contributed by atoms with van der Waals surface area (Å²) in [6.45, 7) is -2.82. The van der Waals surface area contributed by atoms with Crippen LogP contribution >= 0.6 is 23.2 Å². The van der Waals surface area contributed by atoms with Gasteiger partial charge in [-0.15, -0.1) is 0 Å². The number of aromatic nitrogens is 1. The maximum Gasteiger partial charge on any atom is 0.387 e. The molecule has 0 aliphatic carbocycles. The number of rotatable bonds is 3. The highest BCUT2D eigenvalue weighted by molar-refractivity contribution is 6.42. The molecule has 0 aliphatic heterocycles. The van der Waals surface area contributed by atoms with E-state index in [0.717, 1.165) is 5.69 Å². The number of nitrogens with zero attached hydrogens (tertiary/aromatic N) is 1. The Morgan fingerprint density at radius 3 is 2.00 bits per heavy atom. The summed E-state index contributed by atoms with van der Waals surface area (Å²) in [5.74, 6) is 0.105. The van der Waals surface area contributed by atoms with Gasteiger partial charge in [0.25, 0.3) is 0 Å². The zero-order valence-corrected chi connectivity index (χ0v) is 9.92. The number of hydrogen-bond acceptors (Lipinski definition) is 1. The number of alkyl halides is 2. The molecule has 2 aromatic rings. The van der Waals surface area contributed by atoms with Gasteiger partial charge in [0.15, 0.2) is 0 Å². The van der Waals surface area contributed by atoms with Gasteiger partial charge in [-0.25, -0.2) is 0 Å². The maximum absolute atomic E-state index is 11.9. The largest absolute Gasteiger partial charge is 0.435 e. The van der Waals surface area contributed by atoms with E-state index < -0.39 is 6.61 Å². The second-order valence-corrected chi connectivity index (χ2v) is 4.05. The van der Waals surface area contributed by atoms with Crippen LogP contribution < -0.4 is 4.74 Å². The third-order valence-electron chi connectivity index (χ3n) is 2.09. The Kier molecular flexibility index (Phi) is 3.54. The minimum Gasteiger partial charge on any atom is -0.435 e. The molecule has 2 rings (SSSR count). The van der Waals surface area contributed by atoms with Crippen LogP contribution in [0.3, 0.4) is 0 Å². The van der Waals surface area contributed by atoms with Crippen molar-refractivity contribution in [2.75, 3.05) is 0 Å². The summed E-state index contributed by atoms with van der Waals surface area (Å²) in [6, 6.07) is 6.15. The van der Waals surface area contributed by atoms with E-state index >= 15 is 0 Å². The van der Waals surface area contributed by atoms with E-state index in [1.54, 1.807) is 29.1 Å². The van der Waals surface area contributed by atoms with Crippen LogP contribution in [-0.2, 0) is 0 Å². The topological polar surface area (TPSA) is 14.2 Å². The summed E-state index contributed by atoms with van der Waals surface area (Å²) < 4.78 is 29.8. The summed E-state index contributed by atoms with van der Waals surface area (Å²) in [4.78, 5) is 0. The molecule has 1 aromatic carbocycles. The fraction of sp³-hybridized carbons (Fsp3) is 0.0909. The van der Waals surface area contributed by atoms with E-state index in [1.165, 1.54) is 12.1 Å². The van der Waals surface area contributed by atoms with Crippen LogP contribution in [0.4, 0.5) is 8.78 Å². The first-order valence-electron chi connectivity index (χ1n) is 4.64. The minimum absolute atomic E-state index is 0.105. The standard InChI is InChI=1S/C11H7Cl2F2NO/c12-9-5-16(6-10(9)13)7-1-3-8(4-2-7)17-11(14)15/h1-6,11H. The third-order valence-corrected chi connectivity index (χ3v) is 2.79. The van der Waals surface area contributed by atoms with Gasteiger partial charge in [-0.1, -0.05) is 23.2 Å². The molecule has 1 aromatic heterocycles. The first-order chi connectivity index (χ1) is 8.06. The Balaban J connectivity index is 2.23. The van der Waals surface area contributed by atoms with Crippen molar-refractivity contribution in [2.45, 2.75) is 6.61 Å². The Hall–Kier alpha value is -1.26. The van der Waals surface area contributed by atoms with E-state index in [2.05, 4.69) is 4.74 Å². The molecule has 0 saturated heterocycles. The third kappa shape index (κ3) is 2.90. The molecule has 0 saturated carbocycles. The molecule has 0 N–H and O–H groups in total. The van der Waals surface area contributed by atoms with Gasteiger partial charge in [-0.3, -0.25) is 0 Å². The Morgan fingerprint density at radius 1 is 1.00 bits per heavy atom. The van der Waals surface area contributed by atoms with Crippen LogP contribution in [0.2, 0.25) is 10.0 Å². The smallest absolute Gasteiger partial charge is 0.387 e. The van der Waals surface area contributed by atoms with Crippen molar-refractivity contribution in [3.63, 3.8) is 0 Å². The predicted molar refractivity (Wildman–Crippen MR) is 62.4 cm³/mol. The SMILES string of the molecule is FC(F)Oc1ccc(-n2cc(Cl)c(Cl)c2)cc1. The Bertz CT molecular complexity index is 491. The van der Waals surface area contributed by atoms with Gasteiger partial charge in [-0.05, 0) is 24.3 Å². The zero-order chi connectivity index (χ0) is 12.4. The van der Waals surface area contributed by atoms with E-state index in [-0.39, 0.29) is 5.75 Å². The van der Waals surface area contributed by atoms with Gasteiger partial charge in [0.1, 0.15) is 5.75 Å². The van der Waals surface area contributed by atoms with E-state index in [4.69, 9.17) is 23.2 Å². The highest BCUT2D eigenvalue weighted by atomic mass is 35.5.